The lowest BCUT2D eigenvalue weighted by Crippen LogP contribution is -2.22. The second-order valence-electron chi connectivity index (χ2n) is 11.1. The molecular weight excluding hydrogens is 542 g/mol. The number of hydrogen-bond donors (Lipinski definition) is 1. The van der Waals surface area contributed by atoms with Crippen LogP contribution in [0.5, 0.6) is 5.75 Å². The summed E-state index contributed by atoms with van der Waals surface area (Å²) in [5.74, 6) is 0.773. The Hall–Kier alpha value is -5.03. The van der Waals surface area contributed by atoms with E-state index < -0.39 is 0 Å². The predicted molar refractivity (Wildman–Crippen MR) is 180 cm³/mol. The maximum Gasteiger partial charge on any atom is 0.251 e. The van der Waals surface area contributed by atoms with Gasteiger partial charge in [-0.25, -0.2) is 9.97 Å². The largest absolute Gasteiger partial charge is 0.494 e. The van der Waals surface area contributed by atoms with Crippen molar-refractivity contribution in [3.8, 4) is 28.3 Å². The Labute approximate surface area is 259 Å². The van der Waals surface area contributed by atoms with Gasteiger partial charge in [0.15, 0.2) is 0 Å². The van der Waals surface area contributed by atoms with E-state index in [1.165, 1.54) is 25.7 Å². The molecule has 0 bridgehead atoms. The van der Waals surface area contributed by atoms with Gasteiger partial charge in [-0.3, -0.25) is 4.79 Å². The number of nitrogens with one attached hydrogen (secondary N) is 1. The van der Waals surface area contributed by atoms with Gasteiger partial charge in [-0.1, -0.05) is 99.3 Å². The molecule has 5 nitrogen and oxygen atoms in total. The maximum absolute atomic E-state index is 12.9. The molecule has 5 heteroatoms. The number of fused-ring (bicyclic) bond motifs is 3. The predicted octanol–water partition coefficient (Wildman–Crippen LogP) is 9.40. The summed E-state index contributed by atoms with van der Waals surface area (Å²) >= 11 is 0. The average Bonchev–Trinajstić information content (AvgIpc) is 3.09. The molecule has 2 heterocycles. The van der Waals surface area contributed by atoms with Gasteiger partial charge in [0.05, 0.1) is 29.0 Å². The minimum Gasteiger partial charge on any atom is -0.494 e. The van der Waals surface area contributed by atoms with Gasteiger partial charge in [-0.2, -0.15) is 0 Å². The summed E-state index contributed by atoms with van der Waals surface area (Å²) in [6.07, 6.45) is 6.12. The number of carbonyl (C=O) groups is 1. The van der Waals surface area contributed by atoms with Crippen LogP contribution in [0.1, 0.15) is 54.9 Å². The Morgan fingerprint density at radius 1 is 0.659 bits per heavy atom. The molecule has 0 aliphatic rings. The third kappa shape index (κ3) is 6.95. The number of aromatic nitrogens is 2. The second-order valence-corrected chi connectivity index (χ2v) is 11.1. The maximum atomic E-state index is 12.9. The van der Waals surface area contributed by atoms with Crippen molar-refractivity contribution in [2.45, 2.75) is 45.6 Å². The van der Waals surface area contributed by atoms with Crippen LogP contribution in [0, 0.1) is 0 Å². The first-order valence-electron chi connectivity index (χ1n) is 15.5. The summed E-state index contributed by atoms with van der Waals surface area (Å²) in [6.45, 7) is 3.46. The molecule has 2 aromatic heterocycles. The fourth-order valence-corrected chi connectivity index (χ4v) is 5.41. The van der Waals surface area contributed by atoms with E-state index in [4.69, 9.17) is 14.7 Å². The van der Waals surface area contributed by atoms with Crippen LogP contribution in [0.25, 0.3) is 44.3 Å². The molecule has 1 N–H and O–H groups in total. The molecular formula is C39H37N3O2. The average molecular weight is 580 g/mol. The molecule has 6 aromatic rings. The number of pyridine rings is 2. The zero-order valence-electron chi connectivity index (χ0n) is 25.1. The van der Waals surface area contributed by atoms with E-state index in [0.717, 1.165) is 68.7 Å². The van der Waals surface area contributed by atoms with E-state index >= 15 is 0 Å². The zero-order valence-corrected chi connectivity index (χ0v) is 25.1. The molecule has 0 unspecified atom stereocenters. The Morgan fingerprint density at radius 2 is 1.32 bits per heavy atom. The standard InChI is InChI=1S/C39H37N3O2/c1-2-3-4-5-9-25-44-34-21-17-29(18-22-34)35-23-19-30-15-16-31-20-24-36(42-38(31)37(30)41-35)32-13-10-14-33(26-32)39(43)40-27-28-11-7-6-8-12-28/h6-8,10-24,26H,2-5,9,25,27H2,1H3,(H,40,43). The lowest BCUT2D eigenvalue weighted by atomic mass is 10.0. The van der Waals surface area contributed by atoms with E-state index in [1.807, 2.05) is 72.8 Å². The smallest absolute Gasteiger partial charge is 0.251 e. The van der Waals surface area contributed by atoms with Crippen LogP contribution in [0.3, 0.4) is 0 Å². The minimum atomic E-state index is -0.114. The monoisotopic (exact) mass is 579 g/mol. The van der Waals surface area contributed by atoms with Crippen molar-refractivity contribution in [2.75, 3.05) is 6.61 Å². The lowest BCUT2D eigenvalue weighted by molar-refractivity contribution is 0.0951. The number of nitrogens with zero attached hydrogens (tertiary/aromatic N) is 2. The lowest BCUT2D eigenvalue weighted by Gasteiger charge is -2.10. The van der Waals surface area contributed by atoms with Crippen LogP contribution in [0.2, 0.25) is 0 Å². The second kappa shape index (κ2) is 14.0. The number of amides is 1. The molecule has 0 aliphatic carbocycles. The van der Waals surface area contributed by atoms with Crippen molar-refractivity contribution in [2.24, 2.45) is 0 Å². The molecule has 4 aromatic carbocycles. The highest BCUT2D eigenvalue weighted by atomic mass is 16.5. The van der Waals surface area contributed by atoms with E-state index in [-0.39, 0.29) is 5.91 Å². The Bertz CT molecular complexity index is 1870. The number of hydrogen-bond acceptors (Lipinski definition) is 4. The third-order valence-electron chi connectivity index (χ3n) is 7.90. The van der Waals surface area contributed by atoms with Gasteiger partial charge in [0, 0.05) is 34.0 Å². The molecule has 220 valence electrons. The molecule has 44 heavy (non-hydrogen) atoms. The Balaban J connectivity index is 1.22. The molecule has 1 amide bonds. The van der Waals surface area contributed by atoms with Crippen LogP contribution in [-0.2, 0) is 6.54 Å². The van der Waals surface area contributed by atoms with Gasteiger partial charge in [-0.05, 0) is 60.5 Å². The minimum absolute atomic E-state index is 0.114. The number of unbranched alkanes of at least 4 members (excludes halogenated alkanes) is 4. The molecule has 0 spiro atoms. The molecule has 6 rings (SSSR count). The number of rotatable bonds is 12. The Morgan fingerprint density at radius 3 is 2.02 bits per heavy atom. The quantitative estimate of drug-likeness (QED) is 0.116. The first-order chi connectivity index (χ1) is 21.7. The van der Waals surface area contributed by atoms with Crippen molar-refractivity contribution >= 4 is 27.7 Å². The number of benzene rings is 4. The first-order valence-corrected chi connectivity index (χ1v) is 15.5. The van der Waals surface area contributed by atoms with Crippen LogP contribution in [0.4, 0.5) is 0 Å². The molecule has 0 atom stereocenters. The van der Waals surface area contributed by atoms with Crippen molar-refractivity contribution in [3.05, 3.63) is 126 Å². The molecule has 0 aliphatic heterocycles. The summed E-state index contributed by atoms with van der Waals surface area (Å²) in [7, 11) is 0. The van der Waals surface area contributed by atoms with Crippen molar-refractivity contribution < 1.29 is 9.53 Å². The van der Waals surface area contributed by atoms with Gasteiger partial charge < -0.3 is 10.1 Å². The van der Waals surface area contributed by atoms with E-state index in [9.17, 15) is 4.79 Å². The van der Waals surface area contributed by atoms with Gasteiger partial charge in [-0.15, -0.1) is 0 Å². The zero-order chi connectivity index (χ0) is 30.1. The topological polar surface area (TPSA) is 64.1 Å². The fourth-order valence-electron chi connectivity index (χ4n) is 5.41. The molecule has 0 saturated heterocycles. The molecule has 0 radical (unpaired) electrons. The van der Waals surface area contributed by atoms with E-state index in [2.05, 4.69) is 54.7 Å². The van der Waals surface area contributed by atoms with Crippen molar-refractivity contribution in [3.63, 3.8) is 0 Å². The Kier molecular flexibility index (Phi) is 9.22. The van der Waals surface area contributed by atoms with Gasteiger partial charge >= 0.3 is 0 Å². The number of carbonyl (C=O) groups excluding carboxylic acids is 1. The van der Waals surface area contributed by atoms with Gasteiger partial charge in [0.1, 0.15) is 5.75 Å². The van der Waals surface area contributed by atoms with E-state index in [1.54, 1.807) is 0 Å². The summed E-state index contributed by atoms with van der Waals surface area (Å²) in [5, 5.41) is 5.06. The van der Waals surface area contributed by atoms with Crippen LogP contribution in [-0.4, -0.2) is 22.5 Å². The first kappa shape index (κ1) is 29.1. The van der Waals surface area contributed by atoms with Gasteiger partial charge in [0.25, 0.3) is 5.91 Å². The van der Waals surface area contributed by atoms with Crippen LogP contribution < -0.4 is 10.1 Å². The van der Waals surface area contributed by atoms with E-state index in [0.29, 0.717) is 12.1 Å². The summed E-state index contributed by atoms with van der Waals surface area (Å²) in [5.41, 5.74) is 6.95. The molecule has 0 saturated carbocycles. The highest BCUT2D eigenvalue weighted by molar-refractivity contribution is 6.04. The number of ether oxygens (including phenoxy) is 1. The summed E-state index contributed by atoms with van der Waals surface area (Å²) in [4.78, 5) is 23.1. The molecule has 0 fully saturated rings. The van der Waals surface area contributed by atoms with Crippen molar-refractivity contribution in [1.82, 2.24) is 15.3 Å². The van der Waals surface area contributed by atoms with Crippen molar-refractivity contribution in [1.29, 1.82) is 0 Å². The van der Waals surface area contributed by atoms with Gasteiger partial charge in [0.2, 0.25) is 0 Å². The SMILES string of the molecule is CCCCCCCOc1ccc(-c2ccc3ccc4ccc(-c5cccc(C(=O)NCc6ccccc6)c5)nc4c3n2)cc1. The van der Waals surface area contributed by atoms with Crippen LogP contribution in [0.15, 0.2) is 115 Å². The normalized spacial score (nSPS) is 11.1. The summed E-state index contributed by atoms with van der Waals surface area (Å²) < 4.78 is 5.96. The fraction of sp³-hybridized carbons (Fsp3) is 0.205. The highest BCUT2D eigenvalue weighted by Gasteiger charge is 2.11. The summed E-state index contributed by atoms with van der Waals surface area (Å²) in [6, 6.07) is 38.1. The highest BCUT2D eigenvalue weighted by Crippen LogP contribution is 2.29. The third-order valence-corrected chi connectivity index (χ3v) is 7.90. The van der Waals surface area contributed by atoms with Crippen LogP contribution >= 0.6 is 0 Å².